The van der Waals surface area contributed by atoms with Gasteiger partial charge >= 0.3 is 0 Å². The molecule has 3 heteroatoms. The van der Waals surface area contributed by atoms with Gasteiger partial charge in [-0.3, -0.25) is 4.79 Å². The van der Waals surface area contributed by atoms with Crippen LogP contribution >= 0.6 is 0 Å². The number of hydrogen-bond donors (Lipinski definition) is 0. The summed E-state index contributed by atoms with van der Waals surface area (Å²) in [6.07, 6.45) is 12.2. The minimum absolute atomic E-state index is 0.366. The van der Waals surface area contributed by atoms with Crippen molar-refractivity contribution < 1.29 is 4.79 Å². The second-order valence-corrected chi connectivity index (χ2v) is 7.46. The van der Waals surface area contributed by atoms with Crippen molar-refractivity contribution in [2.45, 2.75) is 57.8 Å². The van der Waals surface area contributed by atoms with Gasteiger partial charge in [-0.05, 0) is 30.9 Å². The molecule has 126 valence electrons. The number of Topliss-reactive ketones (excluding diaryl/α,β-unsaturated/α-hetero) is 1. The molecule has 24 heavy (non-hydrogen) atoms. The summed E-state index contributed by atoms with van der Waals surface area (Å²) < 4.78 is 0. The van der Waals surface area contributed by atoms with Crippen LogP contribution in [0.15, 0.2) is 43.0 Å². The number of carbonyl (C=O) groups is 1. The molecule has 1 fully saturated rings. The molecule has 1 aliphatic rings. The Bertz CT molecular complexity index is 671. The summed E-state index contributed by atoms with van der Waals surface area (Å²) in [6, 6.07) is 8.26. The summed E-state index contributed by atoms with van der Waals surface area (Å²) in [7, 11) is 0. The van der Waals surface area contributed by atoms with Gasteiger partial charge in [-0.25, -0.2) is 9.97 Å². The molecule has 0 aliphatic heterocycles. The number of rotatable bonds is 5. The average molecular weight is 322 g/mol. The highest BCUT2D eigenvalue weighted by atomic mass is 16.1. The SMILES string of the molecule is CC(C)(C(=O)CC1CCCCC1)c1ccc(-c2cncnc2)cc1. The first-order chi connectivity index (χ1) is 11.6. The lowest BCUT2D eigenvalue weighted by molar-refractivity contribution is -0.124. The molecule has 0 atom stereocenters. The predicted octanol–water partition coefficient (Wildman–Crippen LogP) is 4.96. The Kier molecular flexibility index (Phi) is 5.08. The number of hydrogen-bond acceptors (Lipinski definition) is 3. The minimum Gasteiger partial charge on any atom is -0.299 e. The largest absolute Gasteiger partial charge is 0.299 e. The monoisotopic (exact) mass is 322 g/mol. The van der Waals surface area contributed by atoms with Crippen molar-refractivity contribution in [3.63, 3.8) is 0 Å². The van der Waals surface area contributed by atoms with E-state index in [1.54, 1.807) is 12.4 Å². The maximum absolute atomic E-state index is 12.9. The first-order valence-electron chi connectivity index (χ1n) is 8.96. The van der Waals surface area contributed by atoms with Gasteiger partial charge in [0.1, 0.15) is 12.1 Å². The second-order valence-electron chi connectivity index (χ2n) is 7.46. The minimum atomic E-state index is -0.427. The first-order valence-corrected chi connectivity index (χ1v) is 8.96. The maximum atomic E-state index is 12.9. The fraction of sp³-hybridized carbons (Fsp3) is 0.476. The summed E-state index contributed by atoms with van der Waals surface area (Å²) in [5.74, 6) is 0.955. The fourth-order valence-corrected chi connectivity index (χ4v) is 3.60. The van der Waals surface area contributed by atoms with Crippen molar-refractivity contribution in [2.75, 3.05) is 0 Å². The zero-order valence-corrected chi connectivity index (χ0v) is 14.7. The Balaban J connectivity index is 1.72. The third kappa shape index (κ3) is 3.72. The van der Waals surface area contributed by atoms with Gasteiger partial charge in [0, 0.05) is 29.8 Å². The van der Waals surface area contributed by atoms with E-state index >= 15 is 0 Å². The molecule has 0 saturated heterocycles. The maximum Gasteiger partial charge on any atom is 0.143 e. The van der Waals surface area contributed by atoms with Crippen molar-refractivity contribution in [1.82, 2.24) is 9.97 Å². The molecular weight excluding hydrogens is 296 g/mol. The van der Waals surface area contributed by atoms with Crippen LogP contribution in [-0.4, -0.2) is 15.8 Å². The third-order valence-electron chi connectivity index (χ3n) is 5.40. The van der Waals surface area contributed by atoms with Crippen LogP contribution in [-0.2, 0) is 10.2 Å². The summed E-state index contributed by atoms with van der Waals surface area (Å²) in [5.41, 5.74) is 2.73. The van der Waals surface area contributed by atoms with E-state index in [0.717, 1.165) is 23.1 Å². The lowest BCUT2D eigenvalue weighted by atomic mass is 9.75. The van der Waals surface area contributed by atoms with Gasteiger partial charge in [-0.2, -0.15) is 0 Å². The molecule has 0 amide bonds. The summed E-state index contributed by atoms with van der Waals surface area (Å²) in [5, 5.41) is 0. The molecule has 1 aliphatic carbocycles. The second kappa shape index (κ2) is 7.25. The third-order valence-corrected chi connectivity index (χ3v) is 5.40. The number of benzene rings is 1. The number of aromatic nitrogens is 2. The molecule has 0 bridgehead atoms. The molecule has 3 nitrogen and oxygen atoms in total. The van der Waals surface area contributed by atoms with E-state index in [1.165, 1.54) is 38.4 Å². The zero-order valence-electron chi connectivity index (χ0n) is 14.7. The molecule has 0 unspecified atom stereocenters. The quantitative estimate of drug-likeness (QED) is 0.781. The Morgan fingerprint density at radius 3 is 2.25 bits per heavy atom. The van der Waals surface area contributed by atoms with Crippen molar-refractivity contribution >= 4 is 5.78 Å². The van der Waals surface area contributed by atoms with Crippen LogP contribution in [0.4, 0.5) is 0 Å². The van der Waals surface area contributed by atoms with Crippen LogP contribution in [0.5, 0.6) is 0 Å². The summed E-state index contributed by atoms with van der Waals surface area (Å²) in [6.45, 7) is 4.11. The van der Waals surface area contributed by atoms with Gasteiger partial charge in [0.15, 0.2) is 0 Å². The van der Waals surface area contributed by atoms with Crippen molar-refractivity contribution in [2.24, 2.45) is 5.92 Å². The number of ketones is 1. The van der Waals surface area contributed by atoms with Crippen LogP contribution in [0.25, 0.3) is 11.1 Å². The molecular formula is C21H26N2O. The van der Waals surface area contributed by atoms with Crippen molar-refractivity contribution in [3.8, 4) is 11.1 Å². The van der Waals surface area contributed by atoms with Crippen LogP contribution in [0.3, 0.4) is 0 Å². The molecule has 0 N–H and O–H groups in total. The predicted molar refractivity (Wildman–Crippen MR) is 96.7 cm³/mol. The summed E-state index contributed by atoms with van der Waals surface area (Å²) in [4.78, 5) is 21.0. The average Bonchev–Trinajstić information content (AvgIpc) is 2.63. The van der Waals surface area contributed by atoms with Crippen LogP contribution in [0.2, 0.25) is 0 Å². The van der Waals surface area contributed by atoms with E-state index in [-0.39, 0.29) is 0 Å². The Morgan fingerprint density at radius 1 is 1.00 bits per heavy atom. The normalized spacial score (nSPS) is 16.1. The van der Waals surface area contributed by atoms with E-state index in [0.29, 0.717) is 11.7 Å². The first kappa shape index (κ1) is 16.8. The van der Waals surface area contributed by atoms with Crippen LogP contribution < -0.4 is 0 Å². The van der Waals surface area contributed by atoms with Crippen molar-refractivity contribution in [1.29, 1.82) is 0 Å². The fourth-order valence-electron chi connectivity index (χ4n) is 3.60. The highest BCUT2D eigenvalue weighted by molar-refractivity contribution is 5.89. The lowest BCUT2D eigenvalue weighted by Gasteiger charge is -2.28. The van der Waals surface area contributed by atoms with Crippen LogP contribution in [0, 0.1) is 5.92 Å². The van der Waals surface area contributed by atoms with E-state index in [1.807, 2.05) is 0 Å². The Hall–Kier alpha value is -2.03. The topological polar surface area (TPSA) is 42.9 Å². The molecule has 1 saturated carbocycles. The van der Waals surface area contributed by atoms with Gasteiger partial charge < -0.3 is 0 Å². The Morgan fingerprint density at radius 2 is 1.62 bits per heavy atom. The molecule has 3 rings (SSSR count). The zero-order chi connectivity index (χ0) is 17.0. The molecule has 0 spiro atoms. The van der Waals surface area contributed by atoms with E-state index in [9.17, 15) is 4.79 Å². The standard InChI is InChI=1S/C21H26N2O/c1-21(2,20(24)12-16-6-4-3-5-7-16)19-10-8-17(9-11-19)18-13-22-15-23-14-18/h8-11,13-16H,3-7,12H2,1-2H3. The van der Waals surface area contributed by atoms with Gasteiger partial charge in [0.25, 0.3) is 0 Å². The van der Waals surface area contributed by atoms with Crippen LogP contribution in [0.1, 0.15) is 57.9 Å². The molecule has 0 radical (unpaired) electrons. The summed E-state index contributed by atoms with van der Waals surface area (Å²) >= 11 is 0. The Labute approximate surface area is 144 Å². The van der Waals surface area contributed by atoms with Gasteiger partial charge in [-0.1, -0.05) is 56.4 Å². The van der Waals surface area contributed by atoms with Gasteiger partial charge in [0.05, 0.1) is 0 Å². The highest BCUT2D eigenvalue weighted by Gasteiger charge is 2.31. The molecule has 1 aromatic heterocycles. The highest BCUT2D eigenvalue weighted by Crippen LogP contribution is 2.33. The number of carbonyl (C=O) groups excluding carboxylic acids is 1. The van der Waals surface area contributed by atoms with Gasteiger partial charge in [0.2, 0.25) is 0 Å². The van der Waals surface area contributed by atoms with Gasteiger partial charge in [-0.15, -0.1) is 0 Å². The molecule has 1 heterocycles. The molecule has 2 aromatic rings. The smallest absolute Gasteiger partial charge is 0.143 e. The van der Waals surface area contributed by atoms with E-state index < -0.39 is 5.41 Å². The van der Waals surface area contributed by atoms with E-state index in [4.69, 9.17) is 0 Å². The molecule has 1 aromatic carbocycles. The number of nitrogens with zero attached hydrogens (tertiary/aromatic N) is 2. The lowest BCUT2D eigenvalue weighted by Crippen LogP contribution is -2.31. The van der Waals surface area contributed by atoms with Crippen molar-refractivity contribution in [3.05, 3.63) is 48.5 Å². The van der Waals surface area contributed by atoms with E-state index in [2.05, 4.69) is 48.1 Å².